The zero-order chi connectivity index (χ0) is 17.2. The molecule has 0 aliphatic carbocycles. The summed E-state index contributed by atoms with van der Waals surface area (Å²) in [6, 6.07) is 16.8. The third kappa shape index (κ3) is 3.57. The van der Waals surface area contributed by atoms with Gasteiger partial charge < -0.3 is 5.32 Å². The lowest BCUT2D eigenvalue weighted by atomic mass is 10.2. The topological polar surface area (TPSA) is 76.0 Å². The standard InChI is InChI=1S/C17H18N4O2S/c1-13-17(12-21(2)19-13)24(22,23)20-16-10-8-15(9-11-16)18-14-6-4-3-5-7-14/h3-12,18,20H,1-2H3. The van der Waals surface area contributed by atoms with Crippen molar-refractivity contribution in [3.8, 4) is 0 Å². The maximum atomic E-state index is 12.4. The summed E-state index contributed by atoms with van der Waals surface area (Å²) >= 11 is 0. The minimum absolute atomic E-state index is 0.177. The number of aryl methyl sites for hydroxylation is 2. The van der Waals surface area contributed by atoms with Gasteiger partial charge in [0.05, 0.1) is 5.69 Å². The van der Waals surface area contributed by atoms with E-state index in [4.69, 9.17) is 0 Å². The number of hydrogen-bond donors (Lipinski definition) is 2. The number of rotatable bonds is 5. The van der Waals surface area contributed by atoms with Gasteiger partial charge in [0.25, 0.3) is 10.0 Å². The molecule has 3 aromatic rings. The van der Waals surface area contributed by atoms with Crippen molar-refractivity contribution in [3.63, 3.8) is 0 Å². The van der Waals surface area contributed by atoms with Crippen LogP contribution in [0.25, 0.3) is 0 Å². The van der Waals surface area contributed by atoms with E-state index in [2.05, 4.69) is 15.1 Å². The predicted octanol–water partition coefficient (Wildman–Crippen LogP) is 3.27. The molecule has 124 valence electrons. The first-order chi connectivity index (χ1) is 11.4. The SMILES string of the molecule is Cc1nn(C)cc1S(=O)(=O)Nc1ccc(Nc2ccccc2)cc1. The van der Waals surface area contributed by atoms with Crippen molar-refractivity contribution in [3.05, 3.63) is 66.5 Å². The Morgan fingerprint density at radius 2 is 1.50 bits per heavy atom. The molecule has 1 heterocycles. The van der Waals surface area contributed by atoms with Crippen LogP contribution in [0.4, 0.5) is 17.1 Å². The van der Waals surface area contributed by atoms with Crippen molar-refractivity contribution in [2.45, 2.75) is 11.8 Å². The molecule has 24 heavy (non-hydrogen) atoms. The van der Waals surface area contributed by atoms with E-state index in [9.17, 15) is 8.42 Å². The van der Waals surface area contributed by atoms with Crippen LogP contribution in [0.3, 0.4) is 0 Å². The predicted molar refractivity (Wildman–Crippen MR) is 94.9 cm³/mol. The first-order valence-corrected chi connectivity index (χ1v) is 8.87. The van der Waals surface area contributed by atoms with Crippen molar-refractivity contribution in [1.82, 2.24) is 9.78 Å². The smallest absolute Gasteiger partial charge is 0.265 e. The van der Waals surface area contributed by atoms with Gasteiger partial charge >= 0.3 is 0 Å². The Labute approximate surface area is 141 Å². The van der Waals surface area contributed by atoms with Crippen molar-refractivity contribution in [2.24, 2.45) is 7.05 Å². The van der Waals surface area contributed by atoms with Gasteiger partial charge in [-0.3, -0.25) is 9.40 Å². The lowest BCUT2D eigenvalue weighted by Gasteiger charge is -2.09. The molecule has 0 aliphatic heterocycles. The van der Waals surface area contributed by atoms with E-state index in [-0.39, 0.29) is 4.90 Å². The van der Waals surface area contributed by atoms with Crippen molar-refractivity contribution >= 4 is 27.1 Å². The lowest BCUT2D eigenvalue weighted by Crippen LogP contribution is -2.13. The number of anilines is 3. The first kappa shape index (κ1) is 16.1. The van der Waals surface area contributed by atoms with Gasteiger partial charge in [-0.15, -0.1) is 0 Å². The zero-order valence-corrected chi connectivity index (χ0v) is 14.2. The Morgan fingerprint density at radius 3 is 2.08 bits per heavy atom. The number of hydrogen-bond acceptors (Lipinski definition) is 4. The van der Waals surface area contributed by atoms with Crippen LogP contribution in [0, 0.1) is 6.92 Å². The average molecular weight is 342 g/mol. The number of nitrogens with one attached hydrogen (secondary N) is 2. The fourth-order valence-corrected chi connectivity index (χ4v) is 3.64. The Bertz CT molecular complexity index is 932. The Balaban J connectivity index is 1.75. The van der Waals surface area contributed by atoms with E-state index < -0.39 is 10.0 Å². The molecule has 0 atom stereocenters. The molecular formula is C17H18N4O2S. The second-order valence-corrected chi connectivity index (χ2v) is 7.08. The summed E-state index contributed by atoms with van der Waals surface area (Å²) in [4.78, 5) is 0.177. The van der Waals surface area contributed by atoms with E-state index in [1.165, 1.54) is 10.9 Å². The number of para-hydroxylation sites is 1. The minimum atomic E-state index is -3.65. The number of sulfonamides is 1. The maximum Gasteiger partial charge on any atom is 0.265 e. The van der Waals surface area contributed by atoms with E-state index in [0.717, 1.165) is 11.4 Å². The molecule has 0 saturated heterocycles. The second kappa shape index (κ2) is 6.37. The van der Waals surface area contributed by atoms with Crippen molar-refractivity contribution < 1.29 is 8.42 Å². The molecule has 0 aliphatic rings. The summed E-state index contributed by atoms with van der Waals surface area (Å²) in [5.41, 5.74) is 2.81. The molecule has 1 aromatic heterocycles. The molecule has 0 unspecified atom stereocenters. The van der Waals surface area contributed by atoms with E-state index in [1.54, 1.807) is 26.1 Å². The van der Waals surface area contributed by atoms with E-state index >= 15 is 0 Å². The van der Waals surface area contributed by atoms with Gasteiger partial charge in [0.2, 0.25) is 0 Å². The average Bonchev–Trinajstić information content (AvgIpc) is 2.90. The normalized spacial score (nSPS) is 11.2. The fourth-order valence-electron chi connectivity index (χ4n) is 2.36. The van der Waals surface area contributed by atoms with Gasteiger partial charge in [-0.2, -0.15) is 5.10 Å². The Morgan fingerprint density at radius 1 is 0.917 bits per heavy atom. The number of nitrogens with zero attached hydrogens (tertiary/aromatic N) is 2. The molecular weight excluding hydrogens is 324 g/mol. The van der Waals surface area contributed by atoms with Crippen LogP contribution in [-0.2, 0) is 17.1 Å². The summed E-state index contributed by atoms with van der Waals surface area (Å²) in [5, 5.41) is 7.31. The maximum absolute atomic E-state index is 12.4. The lowest BCUT2D eigenvalue weighted by molar-refractivity contribution is 0.600. The summed E-state index contributed by atoms with van der Waals surface area (Å²) in [7, 11) is -1.96. The van der Waals surface area contributed by atoms with Crippen molar-refractivity contribution in [1.29, 1.82) is 0 Å². The molecule has 0 spiro atoms. The Kier molecular flexibility index (Phi) is 4.26. The molecule has 0 radical (unpaired) electrons. The number of aromatic nitrogens is 2. The van der Waals surface area contributed by atoms with Gasteiger partial charge in [0.1, 0.15) is 4.90 Å². The molecule has 6 nitrogen and oxygen atoms in total. The molecule has 2 aromatic carbocycles. The highest BCUT2D eigenvalue weighted by molar-refractivity contribution is 7.92. The van der Waals surface area contributed by atoms with Gasteiger partial charge in [-0.1, -0.05) is 18.2 Å². The van der Waals surface area contributed by atoms with Crippen LogP contribution in [-0.4, -0.2) is 18.2 Å². The quantitative estimate of drug-likeness (QED) is 0.746. The van der Waals surface area contributed by atoms with Gasteiger partial charge in [-0.05, 0) is 43.3 Å². The summed E-state index contributed by atoms with van der Waals surface area (Å²) in [6.45, 7) is 1.67. The monoisotopic (exact) mass is 342 g/mol. The molecule has 0 fully saturated rings. The molecule has 0 bridgehead atoms. The van der Waals surface area contributed by atoms with Crippen LogP contribution in [0.1, 0.15) is 5.69 Å². The largest absolute Gasteiger partial charge is 0.356 e. The van der Waals surface area contributed by atoms with E-state index in [1.807, 2.05) is 42.5 Å². The van der Waals surface area contributed by atoms with Crippen LogP contribution < -0.4 is 10.0 Å². The summed E-state index contributed by atoms with van der Waals surface area (Å²) < 4.78 is 28.9. The molecule has 0 amide bonds. The summed E-state index contributed by atoms with van der Waals surface area (Å²) in [6.07, 6.45) is 1.49. The Hall–Kier alpha value is -2.80. The van der Waals surface area contributed by atoms with E-state index in [0.29, 0.717) is 11.4 Å². The van der Waals surface area contributed by atoms with Gasteiger partial charge in [0.15, 0.2) is 0 Å². The highest BCUT2D eigenvalue weighted by atomic mass is 32.2. The van der Waals surface area contributed by atoms with Gasteiger partial charge in [-0.25, -0.2) is 8.42 Å². The van der Waals surface area contributed by atoms with Crippen LogP contribution >= 0.6 is 0 Å². The van der Waals surface area contributed by atoms with Crippen LogP contribution in [0.5, 0.6) is 0 Å². The third-order valence-electron chi connectivity index (χ3n) is 3.46. The highest BCUT2D eigenvalue weighted by Crippen LogP contribution is 2.21. The first-order valence-electron chi connectivity index (χ1n) is 7.39. The minimum Gasteiger partial charge on any atom is -0.356 e. The molecule has 2 N–H and O–H groups in total. The molecule has 3 rings (SSSR count). The van der Waals surface area contributed by atoms with Crippen LogP contribution in [0.15, 0.2) is 65.7 Å². The zero-order valence-electron chi connectivity index (χ0n) is 13.4. The third-order valence-corrected chi connectivity index (χ3v) is 4.94. The fraction of sp³-hybridized carbons (Fsp3) is 0.118. The highest BCUT2D eigenvalue weighted by Gasteiger charge is 2.19. The second-order valence-electron chi connectivity index (χ2n) is 5.43. The number of benzene rings is 2. The summed E-state index contributed by atoms with van der Waals surface area (Å²) in [5.74, 6) is 0. The molecule has 7 heteroatoms. The van der Waals surface area contributed by atoms with Gasteiger partial charge in [0, 0.05) is 30.3 Å². The molecule has 0 saturated carbocycles. The van der Waals surface area contributed by atoms with Crippen molar-refractivity contribution in [2.75, 3.05) is 10.0 Å². The van der Waals surface area contributed by atoms with Crippen LogP contribution in [0.2, 0.25) is 0 Å².